The Bertz CT molecular complexity index is 726. The van der Waals surface area contributed by atoms with Crippen molar-refractivity contribution < 1.29 is 9.32 Å². The molecule has 1 aromatic carbocycles. The minimum atomic E-state index is 0.0750. The molecule has 1 amide bonds. The molecule has 1 aromatic heterocycles. The molecule has 1 aliphatic carbocycles. The first-order valence-electron chi connectivity index (χ1n) is 8.59. The summed E-state index contributed by atoms with van der Waals surface area (Å²) < 4.78 is 5.33. The molecule has 126 valence electrons. The Hall–Kier alpha value is -2.21. The molecule has 0 spiro atoms. The summed E-state index contributed by atoms with van der Waals surface area (Å²) in [6.07, 6.45) is 2.29. The fourth-order valence-corrected chi connectivity index (χ4v) is 3.29. The molecule has 1 saturated carbocycles. The number of aromatic nitrogens is 2. The van der Waals surface area contributed by atoms with Crippen LogP contribution in [0.15, 0.2) is 28.8 Å². The van der Waals surface area contributed by atoms with Gasteiger partial charge in [0.2, 0.25) is 0 Å². The highest BCUT2D eigenvalue weighted by Crippen LogP contribution is 2.38. The minimum absolute atomic E-state index is 0.0750. The van der Waals surface area contributed by atoms with Crippen molar-refractivity contribution in [2.75, 3.05) is 13.1 Å². The van der Waals surface area contributed by atoms with Crippen molar-refractivity contribution in [1.82, 2.24) is 20.4 Å². The summed E-state index contributed by atoms with van der Waals surface area (Å²) in [5, 5.41) is 7.48. The quantitative estimate of drug-likeness (QED) is 0.938. The molecule has 2 aliphatic rings. The van der Waals surface area contributed by atoms with Crippen molar-refractivity contribution in [2.45, 2.75) is 44.7 Å². The SMILES string of the molecule is C[C@@H]1CN(C(=O)c2ccc(-c3nc(C4CC4)no3)cc2)C[C@H](C)N1. The monoisotopic (exact) mass is 326 g/mol. The molecule has 2 heterocycles. The summed E-state index contributed by atoms with van der Waals surface area (Å²) in [6, 6.07) is 8.08. The molecular formula is C18H22N4O2. The topological polar surface area (TPSA) is 71.3 Å². The molecule has 1 aliphatic heterocycles. The minimum Gasteiger partial charge on any atom is -0.336 e. The number of benzene rings is 1. The third kappa shape index (κ3) is 3.06. The van der Waals surface area contributed by atoms with E-state index < -0.39 is 0 Å². The van der Waals surface area contributed by atoms with Crippen LogP contribution in [0.25, 0.3) is 11.5 Å². The van der Waals surface area contributed by atoms with E-state index in [1.165, 1.54) is 0 Å². The van der Waals surface area contributed by atoms with Gasteiger partial charge in [-0.25, -0.2) is 0 Å². The van der Waals surface area contributed by atoms with Gasteiger partial charge in [0, 0.05) is 42.2 Å². The highest BCUT2D eigenvalue weighted by molar-refractivity contribution is 5.94. The maximum atomic E-state index is 12.7. The van der Waals surface area contributed by atoms with Gasteiger partial charge in [0.15, 0.2) is 5.82 Å². The molecule has 6 heteroatoms. The van der Waals surface area contributed by atoms with Gasteiger partial charge < -0.3 is 14.7 Å². The highest BCUT2D eigenvalue weighted by atomic mass is 16.5. The summed E-state index contributed by atoms with van der Waals surface area (Å²) in [5.41, 5.74) is 1.55. The second-order valence-electron chi connectivity index (χ2n) is 6.99. The van der Waals surface area contributed by atoms with Crippen molar-refractivity contribution in [3.63, 3.8) is 0 Å². The molecule has 6 nitrogen and oxygen atoms in total. The van der Waals surface area contributed by atoms with Gasteiger partial charge in [-0.1, -0.05) is 5.16 Å². The fourth-order valence-electron chi connectivity index (χ4n) is 3.29. The van der Waals surface area contributed by atoms with E-state index in [9.17, 15) is 4.79 Å². The van der Waals surface area contributed by atoms with Crippen LogP contribution in [0.1, 0.15) is 48.8 Å². The molecular weight excluding hydrogens is 304 g/mol. The zero-order valence-corrected chi connectivity index (χ0v) is 14.0. The summed E-state index contributed by atoms with van der Waals surface area (Å²) in [6.45, 7) is 5.68. The normalized spacial score (nSPS) is 24.2. The molecule has 2 fully saturated rings. The molecule has 0 bridgehead atoms. The number of nitrogens with one attached hydrogen (secondary N) is 1. The van der Waals surface area contributed by atoms with E-state index in [2.05, 4.69) is 29.3 Å². The number of hydrogen-bond donors (Lipinski definition) is 1. The number of nitrogens with zero attached hydrogens (tertiary/aromatic N) is 3. The first kappa shape index (κ1) is 15.3. The smallest absolute Gasteiger partial charge is 0.257 e. The van der Waals surface area contributed by atoms with Crippen LogP contribution in [-0.2, 0) is 0 Å². The van der Waals surface area contributed by atoms with E-state index in [4.69, 9.17) is 4.52 Å². The van der Waals surface area contributed by atoms with Crippen LogP contribution >= 0.6 is 0 Å². The molecule has 2 atom stereocenters. The van der Waals surface area contributed by atoms with Crippen molar-refractivity contribution in [3.05, 3.63) is 35.7 Å². The standard InChI is InChI=1S/C18H22N4O2/c1-11-9-22(10-12(2)19-11)18(23)15-7-5-14(6-8-15)17-20-16(21-24-17)13-3-4-13/h5-8,11-13,19H,3-4,9-10H2,1-2H3/t11-,12+. The molecule has 2 aromatic rings. The van der Waals surface area contributed by atoms with Gasteiger partial charge in [-0.3, -0.25) is 4.79 Å². The largest absolute Gasteiger partial charge is 0.336 e. The number of piperazine rings is 1. The molecule has 1 saturated heterocycles. The summed E-state index contributed by atoms with van der Waals surface area (Å²) in [5.74, 6) is 1.88. The predicted molar refractivity (Wildman–Crippen MR) is 89.7 cm³/mol. The summed E-state index contributed by atoms with van der Waals surface area (Å²) in [4.78, 5) is 19.0. The van der Waals surface area contributed by atoms with Crippen LogP contribution in [0.2, 0.25) is 0 Å². The molecule has 0 unspecified atom stereocenters. The lowest BCUT2D eigenvalue weighted by Crippen LogP contribution is -2.55. The van der Waals surface area contributed by atoms with Crippen LogP contribution in [0.3, 0.4) is 0 Å². The maximum absolute atomic E-state index is 12.7. The molecule has 1 N–H and O–H groups in total. The lowest BCUT2D eigenvalue weighted by Gasteiger charge is -2.36. The van der Waals surface area contributed by atoms with E-state index in [0.717, 1.165) is 37.3 Å². The predicted octanol–water partition coefficient (Wildman–Crippen LogP) is 2.44. The van der Waals surface area contributed by atoms with Crippen molar-refractivity contribution in [3.8, 4) is 11.5 Å². The highest BCUT2D eigenvalue weighted by Gasteiger charge is 2.29. The van der Waals surface area contributed by atoms with Crippen LogP contribution in [0.5, 0.6) is 0 Å². The average Bonchev–Trinajstić information content (AvgIpc) is 3.31. The van der Waals surface area contributed by atoms with Gasteiger partial charge in [-0.05, 0) is 51.0 Å². The van der Waals surface area contributed by atoms with E-state index >= 15 is 0 Å². The van der Waals surface area contributed by atoms with Crippen LogP contribution in [0.4, 0.5) is 0 Å². The first-order chi connectivity index (χ1) is 11.6. The fraction of sp³-hybridized carbons (Fsp3) is 0.500. The van der Waals surface area contributed by atoms with E-state index in [1.807, 2.05) is 29.2 Å². The summed E-state index contributed by atoms with van der Waals surface area (Å²) in [7, 11) is 0. The van der Waals surface area contributed by atoms with Gasteiger partial charge >= 0.3 is 0 Å². The summed E-state index contributed by atoms with van der Waals surface area (Å²) >= 11 is 0. The number of rotatable bonds is 3. The van der Waals surface area contributed by atoms with Crippen molar-refractivity contribution >= 4 is 5.91 Å². The van der Waals surface area contributed by atoms with Gasteiger partial charge in [0.05, 0.1) is 0 Å². The molecule has 0 radical (unpaired) electrons. The first-order valence-corrected chi connectivity index (χ1v) is 8.59. The Morgan fingerprint density at radius 2 is 1.83 bits per heavy atom. The van der Waals surface area contributed by atoms with Gasteiger partial charge in [0.25, 0.3) is 11.8 Å². The Labute approximate surface area is 141 Å². The Kier molecular flexibility index (Phi) is 3.84. The van der Waals surface area contributed by atoms with Crippen LogP contribution in [-0.4, -0.2) is 46.1 Å². The van der Waals surface area contributed by atoms with Crippen molar-refractivity contribution in [2.24, 2.45) is 0 Å². The van der Waals surface area contributed by atoms with E-state index in [0.29, 0.717) is 29.5 Å². The Morgan fingerprint density at radius 1 is 1.17 bits per heavy atom. The number of carbonyl (C=O) groups excluding carboxylic acids is 1. The third-order valence-electron chi connectivity index (χ3n) is 4.61. The number of amides is 1. The van der Waals surface area contributed by atoms with Crippen molar-refractivity contribution in [1.29, 1.82) is 0 Å². The van der Waals surface area contributed by atoms with Crippen LogP contribution < -0.4 is 5.32 Å². The average molecular weight is 326 g/mol. The van der Waals surface area contributed by atoms with Gasteiger partial charge in [-0.2, -0.15) is 4.98 Å². The lowest BCUT2D eigenvalue weighted by molar-refractivity contribution is 0.0674. The van der Waals surface area contributed by atoms with Gasteiger partial charge in [0.1, 0.15) is 0 Å². The zero-order valence-electron chi connectivity index (χ0n) is 14.0. The second kappa shape index (κ2) is 6.02. The maximum Gasteiger partial charge on any atom is 0.257 e. The van der Waals surface area contributed by atoms with E-state index in [-0.39, 0.29) is 5.91 Å². The Morgan fingerprint density at radius 3 is 2.46 bits per heavy atom. The zero-order chi connectivity index (χ0) is 16.7. The van der Waals surface area contributed by atoms with Gasteiger partial charge in [-0.15, -0.1) is 0 Å². The Balaban J connectivity index is 1.49. The number of carbonyl (C=O) groups is 1. The molecule has 4 rings (SSSR count). The number of hydrogen-bond acceptors (Lipinski definition) is 5. The molecule has 24 heavy (non-hydrogen) atoms. The second-order valence-corrected chi connectivity index (χ2v) is 6.99. The third-order valence-corrected chi connectivity index (χ3v) is 4.61. The van der Waals surface area contributed by atoms with Crippen LogP contribution in [0, 0.1) is 0 Å². The van der Waals surface area contributed by atoms with E-state index in [1.54, 1.807) is 0 Å². The lowest BCUT2D eigenvalue weighted by atomic mass is 10.1.